The first-order valence-corrected chi connectivity index (χ1v) is 10.2. The number of nitrogens with two attached hydrogens (primary N) is 1. The molecular formula is C20H24BrN5S. The van der Waals surface area contributed by atoms with Crippen LogP contribution in [0, 0.1) is 0 Å². The van der Waals surface area contributed by atoms with Gasteiger partial charge in [-0.3, -0.25) is 10.3 Å². The van der Waals surface area contributed by atoms with E-state index in [0.717, 1.165) is 36.2 Å². The predicted octanol–water partition coefficient (Wildman–Crippen LogP) is 3.50. The standard InChI is InChI=1S/C20H24BrN5S/c1-15(17-5-3-2-4-6-17)25-9-11-26(12-10-25)19-8-7-16(13-18(19)21)14-23-24-20(22)27/h2-8,13-15H,9-12H2,1H3,(H3,22,24,27). The van der Waals surface area contributed by atoms with E-state index in [2.05, 4.69) is 85.6 Å². The van der Waals surface area contributed by atoms with Gasteiger partial charge in [-0.2, -0.15) is 5.10 Å². The molecule has 3 N–H and O–H groups in total. The molecule has 0 saturated carbocycles. The number of nitrogens with one attached hydrogen (secondary N) is 1. The van der Waals surface area contributed by atoms with Crippen LogP contribution in [0.4, 0.5) is 5.69 Å². The van der Waals surface area contributed by atoms with Gasteiger partial charge in [0, 0.05) is 36.7 Å². The SMILES string of the molecule is CC(c1ccccc1)N1CCN(c2ccc(C=NNC(N)=S)cc2Br)CC1. The molecule has 0 spiro atoms. The van der Waals surface area contributed by atoms with Crippen LogP contribution in [-0.4, -0.2) is 42.4 Å². The summed E-state index contributed by atoms with van der Waals surface area (Å²) in [6, 6.07) is 17.4. The molecule has 1 unspecified atom stereocenters. The van der Waals surface area contributed by atoms with Crippen molar-refractivity contribution >= 4 is 45.2 Å². The van der Waals surface area contributed by atoms with E-state index in [1.165, 1.54) is 11.3 Å². The lowest BCUT2D eigenvalue weighted by Gasteiger charge is -2.39. The molecule has 1 saturated heterocycles. The lowest BCUT2D eigenvalue weighted by Crippen LogP contribution is -2.47. The zero-order valence-electron chi connectivity index (χ0n) is 15.3. The summed E-state index contributed by atoms with van der Waals surface area (Å²) in [6.45, 7) is 6.39. The fraction of sp³-hybridized carbons (Fsp3) is 0.300. The van der Waals surface area contributed by atoms with Crippen molar-refractivity contribution in [1.82, 2.24) is 10.3 Å². The molecule has 2 aromatic rings. The number of nitrogens with zero attached hydrogens (tertiary/aromatic N) is 3. The van der Waals surface area contributed by atoms with Crippen molar-refractivity contribution in [1.29, 1.82) is 0 Å². The molecule has 1 aliphatic rings. The van der Waals surface area contributed by atoms with Crippen LogP contribution in [0.15, 0.2) is 58.1 Å². The van der Waals surface area contributed by atoms with Gasteiger partial charge >= 0.3 is 0 Å². The molecule has 1 aliphatic heterocycles. The number of hydrogen-bond donors (Lipinski definition) is 2. The molecule has 1 fully saturated rings. The van der Waals surface area contributed by atoms with Crippen molar-refractivity contribution in [2.24, 2.45) is 10.8 Å². The monoisotopic (exact) mass is 445 g/mol. The molecular weight excluding hydrogens is 422 g/mol. The third-order valence-corrected chi connectivity index (χ3v) is 5.57. The smallest absolute Gasteiger partial charge is 0.184 e. The molecule has 0 aromatic heterocycles. The van der Waals surface area contributed by atoms with E-state index < -0.39 is 0 Å². The van der Waals surface area contributed by atoms with Crippen molar-refractivity contribution in [3.05, 3.63) is 64.1 Å². The minimum atomic E-state index is 0.157. The Bertz CT molecular complexity index is 803. The summed E-state index contributed by atoms with van der Waals surface area (Å²) in [5, 5.41) is 4.16. The lowest BCUT2D eigenvalue weighted by atomic mass is 10.1. The van der Waals surface area contributed by atoms with Gasteiger partial charge in [-0.25, -0.2) is 0 Å². The Balaban J connectivity index is 1.61. The van der Waals surface area contributed by atoms with Crippen LogP contribution in [0.25, 0.3) is 0 Å². The summed E-state index contributed by atoms with van der Waals surface area (Å²) >= 11 is 8.43. The molecule has 0 aliphatic carbocycles. The highest BCUT2D eigenvalue weighted by atomic mass is 79.9. The van der Waals surface area contributed by atoms with Gasteiger partial charge < -0.3 is 10.6 Å². The van der Waals surface area contributed by atoms with E-state index in [-0.39, 0.29) is 5.11 Å². The highest BCUT2D eigenvalue weighted by Crippen LogP contribution is 2.29. The minimum absolute atomic E-state index is 0.157. The van der Waals surface area contributed by atoms with Crippen molar-refractivity contribution in [3.8, 4) is 0 Å². The maximum atomic E-state index is 5.36. The summed E-state index contributed by atoms with van der Waals surface area (Å²) < 4.78 is 1.06. The normalized spacial score (nSPS) is 16.4. The Labute approximate surface area is 174 Å². The van der Waals surface area contributed by atoms with E-state index in [4.69, 9.17) is 18.0 Å². The Morgan fingerprint density at radius 3 is 2.52 bits per heavy atom. The van der Waals surface area contributed by atoms with Crippen molar-refractivity contribution in [2.45, 2.75) is 13.0 Å². The summed E-state index contributed by atoms with van der Waals surface area (Å²) in [5.41, 5.74) is 11.5. The number of hydrazone groups is 1. The lowest BCUT2D eigenvalue weighted by molar-refractivity contribution is 0.198. The highest BCUT2D eigenvalue weighted by Gasteiger charge is 2.23. The van der Waals surface area contributed by atoms with E-state index in [9.17, 15) is 0 Å². The molecule has 5 nitrogen and oxygen atoms in total. The van der Waals surface area contributed by atoms with Crippen molar-refractivity contribution < 1.29 is 0 Å². The van der Waals surface area contributed by atoms with E-state index >= 15 is 0 Å². The second kappa shape index (κ2) is 9.30. The third kappa shape index (κ3) is 5.28. The van der Waals surface area contributed by atoms with Crippen LogP contribution in [0.2, 0.25) is 0 Å². The fourth-order valence-corrected chi connectivity index (χ4v) is 4.02. The molecule has 27 heavy (non-hydrogen) atoms. The van der Waals surface area contributed by atoms with Gasteiger partial charge in [-0.05, 0) is 58.3 Å². The minimum Gasteiger partial charge on any atom is -0.375 e. The highest BCUT2D eigenvalue weighted by molar-refractivity contribution is 9.10. The topological polar surface area (TPSA) is 56.9 Å². The van der Waals surface area contributed by atoms with Crippen molar-refractivity contribution in [3.63, 3.8) is 0 Å². The van der Waals surface area contributed by atoms with E-state index in [1.807, 2.05) is 6.07 Å². The quantitative estimate of drug-likeness (QED) is 0.418. The van der Waals surface area contributed by atoms with Gasteiger partial charge in [-0.15, -0.1) is 0 Å². The second-order valence-electron chi connectivity index (χ2n) is 6.55. The van der Waals surface area contributed by atoms with Gasteiger partial charge in [0.05, 0.1) is 11.9 Å². The molecule has 2 aromatic carbocycles. The van der Waals surface area contributed by atoms with Crippen LogP contribution >= 0.6 is 28.1 Å². The molecule has 1 heterocycles. The average Bonchev–Trinajstić information content (AvgIpc) is 2.68. The summed E-state index contributed by atoms with van der Waals surface area (Å²) in [7, 11) is 0. The van der Waals surface area contributed by atoms with Crippen LogP contribution in [0.5, 0.6) is 0 Å². The van der Waals surface area contributed by atoms with Gasteiger partial charge in [0.25, 0.3) is 0 Å². The third-order valence-electron chi connectivity index (χ3n) is 4.84. The number of benzene rings is 2. The van der Waals surface area contributed by atoms with Crippen LogP contribution < -0.4 is 16.1 Å². The number of piperazine rings is 1. The first-order chi connectivity index (χ1) is 13.0. The maximum Gasteiger partial charge on any atom is 0.184 e. The van der Waals surface area contributed by atoms with Gasteiger partial charge in [0.15, 0.2) is 5.11 Å². The first-order valence-electron chi connectivity index (χ1n) is 8.96. The first kappa shape index (κ1) is 19.8. The number of rotatable bonds is 5. The Morgan fingerprint density at radius 2 is 1.89 bits per heavy atom. The number of hydrogen-bond acceptors (Lipinski definition) is 4. The second-order valence-corrected chi connectivity index (χ2v) is 7.85. The van der Waals surface area contributed by atoms with E-state index in [0.29, 0.717) is 6.04 Å². The van der Waals surface area contributed by atoms with Crippen LogP contribution in [0.3, 0.4) is 0 Å². The summed E-state index contributed by atoms with van der Waals surface area (Å²) in [6.07, 6.45) is 1.70. The van der Waals surface area contributed by atoms with Crippen LogP contribution in [0.1, 0.15) is 24.1 Å². The molecule has 142 valence electrons. The molecule has 3 rings (SSSR count). The fourth-order valence-electron chi connectivity index (χ4n) is 3.32. The van der Waals surface area contributed by atoms with Gasteiger partial charge in [-0.1, -0.05) is 36.4 Å². The predicted molar refractivity (Wildman–Crippen MR) is 120 cm³/mol. The Morgan fingerprint density at radius 1 is 1.19 bits per heavy atom. The average molecular weight is 446 g/mol. The summed E-state index contributed by atoms with van der Waals surface area (Å²) in [5.74, 6) is 0. The molecule has 0 bridgehead atoms. The van der Waals surface area contributed by atoms with Gasteiger partial charge in [0.2, 0.25) is 0 Å². The van der Waals surface area contributed by atoms with Gasteiger partial charge in [0.1, 0.15) is 0 Å². The summed E-state index contributed by atoms with van der Waals surface area (Å²) in [4.78, 5) is 4.97. The number of halogens is 1. The Hall–Kier alpha value is -1.96. The number of thiocarbonyl (C=S) groups is 1. The molecule has 1 atom stereocenters. The Kier molecular flexibility index (Phi) is 6.82. The molecule has 0 amide bonds. The van der Waals surface area contributed by atoms with Crippen molar-refractivity contribution in [2.75, 3.05) is 31.1 Å². The molecule has 0 radical (unpaired) electrons. The van der Waals surface area contributed by atoms with E-state index in [1.54, 1.807) is 6.21 Å². The zero-order valence-corrected chi connectivity index (χ0v) is 17.7. The van der Waals surface area contributed by atoms with Crippen LogP contribution in [-0.2, 0) is 0 Å². The number of anilines is 1. The zero-order chi connectivity index (χ0) is 19.2. The molecule has 7 heteroatoms. The maximum absolute atomic E-state index is 5.36. The largest absolute Gasteiger partial charge is 0.375 e.